The first-order valence-electron chi connectivity index (χ1n) is 4.19. The first kappa shape index (κ1) is 12.1. The number of aliphatic carboxylic acids is 2. The van der Waals surface area contributed by atoms with E-state index in [4.69, 9.17) is 21.8 Å². The Morgan fingerprint density at radius 1 is 1.19 bits per heavy atom. The molecule has 0 aliphatic carbocycles. The van der Waals surface area contributed by atoms with Crippen LogP contribution in [0.5, 0.6) is 0 Å². The summed E-state index contributed by atoms with van der Waals surface area (Å²) in [5, 5.41) is 20.1. The van der Waals surface area contributed by atoms with Crippen molar-refractivity contribution in [2.45, 2.75) is 0 Å². The average molecular weight is 242 g/mol. The minimum absolute atomic E-state index is 0.421. The van der Waals surface area contributed by atoms with Gasteiger partial charge in [0.1, 0.15) is 5.70 Å². The van der Waals surface area contributed by atoms with Crippen molar-refractivity contribution in [3.05, 3.63) is 41.1 Å². The number of carboxylic acid groups (broad SMARTS) is 2. The molecule has 1 aromatic carbocycles. The van der Waals surface area contributed by atoms with Gasteiger partial charge in [-0.3, -0.25) is 0 Å². The minimum atomic E-state index is -1.35. The van der Waals surface area contributed by atoms with E-state index in [1.165, 1.54) is 0 Å². The van der Waals surface area contributed by atoms with E-state index in [2.05, 4.69) is 5.32 Å². The molecule has 3 N–H and O–H groups in total. The van der Waals surface area contributed by atoms with Gasteiger partial charge in [-0.25, -0.2) is 9.59 Å². The topological polar surface area (TPSA) is 86.6 Å². The van der Waals surface area contributed by atoms with Crippen molar-refractivity contribution in [1.29, 1.82) is 0 Å². The van der Waals surface area contributed by atoms with Crippen LogP contribution in [-0.4, -0.2) is 22.2 Å². The van der Waals surface area contributed by atoms with Crippen LogP contribution in [0.3, 0.4) is 0 Å². The van der Waals surface area contributed by atoms with Crippen LogP contribution in [-0.2, 0) is 9.59 Å². The van der Waals surface area contributed by atoms with Crippen molar-refractivity contribution in [2.24, 2.45) is 0 Å². The first-order chi connectivity index (χ1) is 7.49. The Bertz CT molecular complexity index is 439. The van der Waals surface area contributed by atoms with Crippen LogP contribution >= 0.6 is 11.6 Å². The number of benzene rings is 1. The fourth-order valence-electron chi connectivity index (χ4n) is 0.963. The molecule has 0 fully saturated rings. The molecular formula is C10H8ClNO4. The highest BCUT2D eigenvalue weighted by Gasteiger charge is 2.09. The fraction of sp³-hybridized carbons (Fsp3) is 0. The Balaban J connectivity index is 2.88. The number of rotatable bonds is 4. The average Bonchev–Trinajstić information content (AvgIpc) is 2.19. The lowest BCUT2D eigenvalue weighted by atomic mass is 10.3. The highest BCUT2D eigenvalue weighted by Crippen LogP contribution is 2.15. The summed E-state index contributed by atoms with van der Waals surface area (Å²) in [5.74, 6) is -2.68. The maximum atomic E-state index is 10.7. The smallest absolute Gasteiger partial charge is 0.352 e. The van der Waals surface area contributed by atoms with Crippen molar-refractivity contribution in [1.82, 2.24) is 0 Å². The first-order valence-corrected chi connectivity index (χ1v) is 4.57. The van der Waals surface area contributed by atoms with Crippen molar-refractivity contribution < 1.29 is 19.8 Å². The molecule has 0 spiro atoms. The van der Waals surface area contributed by atoms with Crippen molar-refractivity contribution >= 4 is 29.2 Å². The molecule has 5 nitrogen and oxygen atoms in total. The Kier molecular flexibility index (Phi) is 3.90. The number of hydrogen-bond donors (Lipinski definition) is 3. The van der Waals surface area contributed by atoms with Gasteiger partial charge in [0.15, 0.2) is 0 Å². The Labute approximate surface area is 96.0 Å². The van der Waals surface area contributed by atoms with E-state index in [1.54, 1.807) is 24.3 Å². The quantitative estimate of drug-likeness (QED) is 0.700. The lowest BCUT2D eigenvalue weighted by molar-refractivity contribution is -0.134. The van der Waals surface area contributed by atoms with Gasteiger partial charge in [0.25, 0.3) is 0 Å². The zero-order valence-corrected chi connectivity index (χ0v) is 8.73. The molecule has 1 rings (SSSR count). The van der Waals surface area contributed by atoms with Crippen LogP contribution < -0.4 is 5.32 Å². The van der Waals surface area contributed by atoms with E-state index in [0.717, 1.165) is 0 Å². The van der Waals surface area contributed by atoms with Gasteiger partial charge in [-0.2, -0.15) is 0 Å². The highest BCUT2D eigenvalue weighted by atomic mass is 35.5. The summed E-state index contributed by atoms with van der Waals surface area (Å²) in [4.78, 5) is 21.0. The molecule has 0 saturated heterocycles. The maximum absolute atomic E-state index is 10.7. The summed E-state index contributed by atoms with van der Waals surface area (Å²) in [6.45, 7) is 0. The van der Waals surface area contributed by atoms with Gasteiger partial charge in [0.05, 0.1) is 6.08 Å². The predicted octanol–water partition coefficient (Wildman–Crippen LogP) is 1.80. The van der Waals surface area contributed by atoms with E-state index in [-0.39, 0.29) is 0 Å². The molecule has 0 aromatic heterocycles. The number of hydrogen-bond acceptors (Lipinski definition) is 3. The molecule has 0 radical (unpaired) electrons. The second-order valence-electron chi connectivity index (χ2n) is 2.83. The molecule has 0 bridgehead atoms. The van der Waals surface area contributed by atoms with Crippen molar-refractivity contribution in [3.63, 3.8) is 0 Å². The summed E-state index contributed by atoms with van der Waals surface area (Å²) in [5.41, 5.74) is 0.0223. The number of carboxylic acids is 2. The molecule has 0 unspecified atom stereocenters. The van der Waals surface area contributed by atoms with Crippen LogP contribution in [0.1, 0.15) is 0 Å². The van der Waals surface area contributed by atoms with Crippen molar-refractivity contribution in [3.8, 4) is 0 Å². The van der Waals surface area contributed by atoms with Gasteiger partial charge in [-0.05, 0) is 24.3 Å². The lowest BCUT2D eigenvalue weighted by Gasteiger charge is -2.05. The second kappa shape index (κ2) is 5.18. The fourth-order valence-corrected chi connectivity index (χ4v) is 1.09. The SMILES string of the molecule is O=C(O)C=C(Nc1ccc(Cl)cc1)C(=O)O. The van der Waals surface area contributed by atoms with E-state index >= 15 is 0 Å². The third kappa shape index (κ3) is 3.62. The normalized spacial score (nSPS) is 10.9. The molecule has 0 saturated carbocycles. The van der Waals surface area contributed by atoms with Gasteiger partial charge < -0.3 is 15.5 Å². The van der Waals surface area contributed by atoms with Crippen LogP contribution in [0.2, 0.25) is 5.02 Å². The molecule has 0 atom stereocenters. The van der Waals surface area contributed by atoms with Crippen LogP contribution in [0.4, 0.5) is 5.69 Å². The molecule has 84 valence electrons. The zero-order valence-electron chi connectivity index (χ0n) is 7.98. The zero-order chi connectivity index (χ0) is 12.1. The molecule has 0 amide bonds. The number of anilines is 1. The van der Waals surface area contributed by atoms with E-state index in [9.17, 15) is 9.59 Å². The van der Waals surface area contributed by atoms with Crippen LogP contribution in [0.15, 0.2) is 36.0 Å². The number of carbonyl (C=O) groups is 2. The summed E-state index contributed by atoms with van der Waals surface area (Å²) in [6.07, 6.45) is 0.580. The third-order valence-corrected chi connectivity index (χ3v) is 1.87. The van der Waals surface area contributed by atoms with Gasteiger partial charge in [0.2, 0.25) is 0 Å². The molecular weight excluding hydrogens is 234 g/mol. The highest BCUT2D eigenvalue weighted by molar-refractivity contribution is 6.30. The van der Waals surface area contributed by atoms with Gasteiger partial charge in [-0.1, -0.05) is 11.6 Å². The lowest BCUT2D eigenvalue weighted by Crippen LogP contribution is -2.12. The van der Waals surface area contributed by atoms with Crippen LogP contribution in [0.25, 0.3) is 0 Å². The number of nitrogens with one attached hydrogen (secondary N) is 1. The number of halogens is 1. The largest absolute Gasteiger partial charge is 0.478 e. The Morgan fingerprint density at radius 3 is 2.19 bits per heavy atom. The minimum Gasteiger partial charge on any atom is -0.478 e. The monoisotopic (exact) mass is 241 g/mol. The van der Waals surface area contributed by atoms with E-state index in [0.29, 0.717) is 16.8 Å². The standard InChI is InChI=1S/C10H8ClNO4/c11-6-1-3-7(4-2-6)12-8(10(15)16)5-9(13)14/h1-5,12H,(H,13,14)(H,15,16). The predicted molar refractivity (Wildman–Crippen MR) is 58.4 cm³/mol. The summed E-state index contributed by atoms with van der Waals surface area (Å²) < 4.78 is 0. The summed E-state index contributed by atoms with van der Waals surface area (Å²) in [6, 6.07) is 6.20. The summed E-state index contributed by atoms with van der Waals surface area (Å²) in [7, 11) is 0. The molecule has 0 aliphatic rings. The maximum Gasteiger partial charge on any atom is 0.352 e. The van der Waals surface area contributed by atoms with E-state index in [1.807, 2.05) is 0 Å². The Morgan fingerprint density at radius 2 is 1.75 bits per heavy atom. The van der Waals surface area contributed by atoms with Crippen molar-refractivity contribution in [2.75, 3.05) is 5.32 Å². The van der Waals surface area contributed by atoms with Gasteiger partial charge >= 0.3 is 11.9 Å². The van der Waals surface area contributed by atoms with E-state index < -0.39 is 17.6 Å². The third-order valence-electron chi connectivity index (χ3n) is 1.62. The molecule has 6 heteroatoms. The molecule has 1 aromatic rings. The molecule has 16 heavy (non-hydrogen) atoms. The Hall–Kier alpha value is -2.01. The van der Waals surface area contributed by atoms with Gasteiger partial charge in [-0.15, -0.1) is 0 Å². The molecule has 0 heterocycles. The van der Waals surface area contributed by atoms with Gasteiger partial charge in [0, 0.05) is 10.7 Å². The van der Waals surface area contributed by atoms with Crippen LogP contribution in [0, 0.1) is 0 Å². The second-order valence-corrected chi connectivity index (χ2v) is 3.27. The molecule has 0 aliphatic heterocycles. The summed E-state index contributed by atoms with van der Waals surface area (Å²) >= 11 is 5.64.